The molecule has 4 amide bonds. The fraction of sp³-hybridized carbons (Fsp3) is 0.120. The van der Waals surface area contributed by atoms with Crippen LogP contribution in [0.2, 0.25) is 0 Å². The molecule has 1 aliphatic heterocycles. The molecule has 170 valence electrons. The zero-order valence-electron chi connectivity index (χ0n) is 18.3. The van der Waals surface area contributed by atoms with E-state index in [9.17, 15) is 14.4 Å². The molecule has 1 saturated heterocycles. The number of aromatic nitrogens is 2. The zero-order valence-corrected chi connectivity index (χ0v) is 19.1. The van der Waals surface area contributed by atoms with Gasteiger partial charge in [-0.15, -0.1) is 0 Å². The molecule has 0 atom stereocenters. The number of carbonyl (C=O) groups is 3. The summed E-state index contributed by atoms with van der Waals surface area (Å²) in [5.41, 5.74) is 4.03. The maximum atomic E-state index is 13.6. The highest BCUT2D eigenvalue weighted by atomic mass is 32.2. The molecule has 34 heavy (non-hydrogen) atoms. The summed E-state index contributed by atoms with van der Waals surface area (Å²) in [6.07, 6.45) is 0. The van der Waals surface area contributed by atoms with Gasteiger partial charge in [0.1, 0.15) is 0 Å². The number of amides is 4. The van der Waals surface area contributed by atoms with E-state index in [0.29, 0.717) is 16.3 Å². The Labute approximate surface area is 199 Å². The number of hydrogen-bond acceptors (Lipinski definition) is 5. The number of thioether (sulfide) groups is 1. The van der Waals surface area contributed by atoms with E-state index in [4.69, 9.17) is 0 Å². The summed E-state index contributed by atoms with van der Waals surface area (Å²) in [4.78, 5) is 43.8. The number of carbonyl (C=O) groups excluding carboxylic acids is 3. The Kier molecular flexibility index (Phi) is 5.54. The van der Waals surface area contributed by atoms with Gasteiger partial charge in [0, 0.05) is 7.05 Å². The van der Waals surface area contributed by atoms with Gasteiger partial charge in [-0.05, 0) is 23.3 Å². The predicted octanol–water partition coefficient (Wildman–Crippen LogP) is 3.19. The van der Waals surface area contributed by atoms with Crippen LogP contribution in [0.15, 0.2) is 90.1 Å². The number of nitrogens with one attached hydrogen (secondary N) is 2. The fourth-order valence-electron chi connectivity index (χ4n) is 4.11. The highest BCUT2D eigenvalue weighted by Crippen LogP contribution is 2.35. The van der Waals surface area contributed by atoms with Crippen LogP contribution in [0, 0.1) is 0 Å². The minimum atomic E-state index is -1.43. The number of benzene rings is 3. The maximum absolute atomic E-state index is 13.6. The zero-order chi connectivity index (χ0) is 23.7. The molecule has 0 radical (unpaired) electrons. The lowest BCUT2D eigenvalue weighted by atomic mass is 9.83. The third-order valence-corrected chi connectivity index (χ3v) is 6.78. The molecule has 0 bridgehead atoms. The molecule has 3 aromatic carbocycles. The van der Waals surface area contributed by atoms with Crippen LogP contribution in [0.5, 0.6) is 0 Å². The molecule has 0 saturated carbocycles. The normalized spacial score (nSPS) is 14.9. The van der Waals surface area contributed by atoms with Crippen molar-refractivity contribution in [2.24, 2.45) is 7.05 Å². The van der Waals surface area contributed by atoms with E-state index in [1.807, 2.05) is 48.0 Å². The van der Waals surface area contributed by atoms with Gasteiger partial charge in [-0.2, -0.15) is 5.01 Å². The fourth-order valence-corrected chi connectivity index (χ4v) is 4.88. The number of para-hydroxylation sites is 2. The molecular formula is C25H21N5O3S. The number of rotatable bonds is 6. The first-order chi connectivity index (χ1) is 16.5. The highest BCUT2D eigenvalue weighted by molar-refractivity contribution is 7.99. The van der Waals surface area contributed by atoms with Crippen molar-refractivity contribution in [3.05, 3.63) is 96.1 Å². The van der Waals surface area contributed by atoms with Crippen LogP contribution in [0.4, 0.5) is 4.79 Å². The molecule has 2 N–H and O–H groups in total. The molecule has 1 aromatic heterocycles. The summed E-state index contributed by atoms with van der Waals surface area (Å²) in [7, 11) is 1.88. The molecular weight excluding hydrogens is 450 g/mol. The molecule has 9 heteroatoms. The quantitative estimate of drug-likeness (QED) is 0.333. The van der Waals surface area contributed by atoms with Crippen LogP contribution in [0.25, 0.3) is 11.0 Å². The topological polar surface area (TPSA) is 96.3 Å². The lowest BCUT2D eigenvalue weighted by molar-refractivity contribution is -0.137. The first-order valence-electron chi connectivity index (χ1n) is 10.6. The minimum absolute atomic E-state index is 0.0160. The average Bonchev–Trinajstić information content (AvgIpc) is 3.33. The number of fused-ring (bicyclic) bond motifs is 1. The molecule has 0 spiro atoms. The van der Waals surface area contributed by atoms with Crippen molar-refractivity contribution in [3.63, 3.8) is 0 Å². The first kappa shape index (κ1) is 21.7. The second kappa shape index (κ2) is 8.68. The van der Waals surface area contributed by atoms with Gasteiger partial charge in [0.15, 0.2) is 10.7 Å². The van der Waals surface area contributed by atoms with Crippen molar-refractivity contribution in [3.8, 4) is 0 Å². The van der Waals surface area contributed by atoms with Crippen LogP contribution in [0.1, 0.15) is 11.1 Å². The SMILES string of the molecule is Cn1c(SCC(=O)NN2C(=O)NC(c3ccccc3)(c3ccccc3)C2=O)nc2ccccc21. The van der Waals surface area contributed by atoms with E-state index in [-0.39, 0.29) is 5.75 Å². The van der Waals surface area contributed by atoms with Gasteiger partial charge in [-0.3, -0.25) is 15.0 Å². The van der Waals surface area contributed by atoms with Gasteiger partial charge in [0.05, 0.1) is 16.8 Å². The minimum Gasteiger partial charge on any atom is -0.322 e. The van der Waals surface area contributed by atoms with Crippen molar-refractivity contribution < 1.29 is 14.4 Å². The lowest BCUT2D eigenvalue weighted by Crippen LogP contribution is -2.49. The van der Waals surface area contributed by atoms with Gasteiger partial charge >= 0.3 is 6.03 Å². The number of imidazole rings is 1. The summed E-state index contributed by atoms with van der Waals surface area (Å²) < 4.78 is 1.90. The van der Waals surface area contributed by atoms with Gasteiger partial charge in [-0.1, -0.05) is 84.6 Å². The lowest BCUT2D eigenvalue weighted by Gasteiger charge is -2.27. The van der Waals surface area contributed by atoms with Crippen molar-refractivity contribution in [1.29, 1.82) is 0 Å². The number of imide groups is 1. The second-order valence-corrected chi connectivity index (χ2v) is 8.76. The molecule has 2 heterocycles. The van der Waals surface area contributed by atoms with Crippen molar-refractivity contribution in [1.82, 2.24) is 25.3 Å². The van der Waals surface area contributed by atoms with Crippen LogP contribution in [0.3, 0.4) is 0 Å². The summed E-state index contributed by atoms with van der Waals surface area (Å²) in [5, 5.41) is 4.23. The standard InChI is InChI=1S/C25H21N5O3S/c1-29-20-15-9-8-14-19(20)26-24(29)34-16-21(31)28-30-22(32)25(27-23(30)33,17-10-4-2-5-11-17)18-12-6-3-7-13-18/h2-15H,16H2,1H3,(H,27,33)(H,28,31). The molecule has 5 rings (SSSR count). The Morgan fingerprint density at radius 1 is 0.941 bits per heavy atom. The number of urea groups is 1. The Balaban J connectivity index is 1.37. The molecule has 1 fully saturated rings. The third-order valence-electron chi connectivity index (χ3n) is 5.75. The van der Waals surface area contributed by atoms with Gasteiger partial charge in [0.2, 0.25) is 5.91 Å². The average molecular weight is 472 g/mol. The number of nitrogens with zero attached hydrogens (tertiary/aromatic N) is 3. The summed E-state index contributed by atoms with van der Waals surface area (Å²) in [6, 6.07) is 25.0. The van der Waals surface area contributed by atoms with E-state index in [1.165, 1.54) is 11.8 Å². The third kappa shape index (κ3) is 3.60. The molecule has 0 aliphatic carbocycles. The Morgan fingerprint density at radius 2 is 1.53 bits per heavy atom. The number of aryl methyl sites for hydroxylation is 1. The van der Waals surface area contributed by atoms with Crippen LogP contribution >= 0.6 is 11.8 Å². The van der Waals surface area contributed by atoms with Gasteiger partial charge < -0.3 is 9.88 Å². The highest BCUT2D eigenvalue weighted by Gasteiger charge is 2.54. The molecule has 1 aliphatic rings. The van der Waals surface area contributed by atoms with Crippen LogP contribution < -0.4 is 10.7 Å². The monoisotopic (exact) mass is 471 g/mol. The second-order valence-electron chi connectivity index (χ2n) is 7.82. The van der Waals surface area contributed by atoms with E-state index < -0.39 is 23.4 Å². The van der Waals surface area contributed by atoms with E-state index in [2.05, 4.69) is 15.7 Å². The van der Waals surface area contributed by atoms with E-state index in [1.54, 1.807) is 48.5 Å². The summed E-state index contributed by atoms with van der Waals surface area (Å²) in [5.74, 6) is -1.08. The maximum Gasteiger partial charge on any atom is 0.344 e. The summed E-state index contributed by atoms with van der Waals surface area (Å²) >= 11 is 1.23. The molecule has 0 unspecified atom stereocenters. The van der Waals surface area contributed by atoms with Crippen LogP contribution in [-0.4, -0.2) is 38.2 Å². The smallest absolute Gasteiger partial charge is 0.322 e. The number of hydrazine groups is 1. The Morgan fingerprint density at radius 3 is 2.15 bits per heavy atom. The summed E-state index contributed by atoms with van der Waals surface area (Å²) in [6.45, 7) is 0. The number of hydrogen-bond donors (Lipinski definition) is 2. The van der Waals surface area contributed by atoms with Gasteiger partial charge in [-0.25, -0.2) is 9.78 Å². The molecule has 4 aromatic rings. The largest absolute Gasteiger partial charge is 0.344 e. The van der Waals surface area contributed by atoms with E-state index >= 15 is 0 Å². The van der Waals surface area contributed by atoms with Crippen molar-refractivity contribution >= 4 is 40.6 Å². The van der Waals surface area contributed by atoms with Gasteiger partial charge in [0.25, 0.3) is 5.91 Å². The Hall–Kier alpha value is -4.11. The van der Waals surface area contributed by atoms with Crippen molar-refractivity contribution in [2.45, 2.75) is 10.7 Å². The predicted molar refractivity (Wildman–Crippen MR) is 129 cm³/mol. The Bertz CT molecular complexity index is 1350. The van der Waals surface area contributed by atoms with E-state index in [0.717, 1.165) is 16.0 Å². The molecule has 8 nitrogen and oxygen atoms in total. The van der Waals surface area contributed by atoms with Crippen molar-refractivity contribution in [2.75, 3.05) is 5.75 Å². The van der Waals surface area contributed by atoms with Crippen LogP contribution in [-0.2, 0) is 22.2 Å². The first-order valence-corrected chi connectivity index (χ1v) is 11.6.